The van der Waals surface area contributed by atoms with E-state index in [1.807, 2.05) is 44.2 Å². The first-order valence-electron chi connectivity index (χ1n) is 9.57. The van der Waals surface area contributed by atoms with Crippen molar-refractivity contribution in [3.05, 3.63) is 35.9 Å². The molecule has 0 spiro atoms. The molecule has 0 radical (unpaired) electrons. The summed E-state index contributed by atoms with van der Waals surface area (Å²) in [5.41, 5.74) is 0.262. The number of nitrogens with one attached hydrogen (secondary N) is 3. The van der Waals surface area contributed by atoms with Crippen LogP contribution in [0, 0.1) is 5.92 Å². The fourth-order valence-corrected chi connectivity index (χ4v) is 2.66. The third-order valence-corrected chi connectivity index (χ3v) is 3.88. The Labute approximate surface area is 167 Å². The second kappa shape index (κ2) is 10.7. The number of carbonyl (C=O) groups excluding carboxylic acids is 3. The van der Waals surface area contributed by atoms with E-state index in [1.54, 1.807) is 20.8 Å². The maximum atomic E-state index is 12.8. The van der Waals surface area contributed by atoms with Gasteiger partial charge in [0.1, 0.15) is 17.7 Å². The summed E-state index contributed by atoms with van der Waals surface area (Å²) in [6.07, 6.45) is 0.122. The monoisotopic (exact) mass is 391 g/mol. The first-order chi connectivity index (χ1) is 13.0. The van der Waals surface area contributed by atoms with Crippen LogP contribution in [-0.4, -0.2) is 42.6 Å². The van der Waals surface area contributed by atoms with E-state index < -0.39 is 29.7 Å². The van der Waals surface area contributed by atoms with Gasteiger partial charge in [0.05, 0.1) is 0 Å². The summed E-state index contributed by atoms with van der Waals surface area (Å²) in [6, 6.07) is 7.90. The van der Waals surface area contributed by atoms with E-state index in [4.69, 9.17) is 4.74 Å². The summed E-state index contributed by atoms with van der Waals surface area (Å²) in [6.45, 7) is 9.18. The number of carbonyl (C=O) groups is 3. The van der Waals surface area contributed by atoms with Gasteiger partial charge in [-0.25, -0.2) is 4.79 Å². The Morgan fingerprint density at radius 3 is 2.07 bits per heavy atom. The largest absolute Gasteiger partial charge is 0.444 e. The van der Waals surface area contributed by atoms with Crippen molar-refractivity contribution < 1.29 is 19.1 Å². The van der Waals surface area contributed by atoms with Crippen molar-refractivity contribution in [2.45, 2.75) is 65.1 Å². The quantitative estimate of drug-likeness (QED) is 0.634. The lowest BCUT2D eigenvalue weighted by Gasteiger charge is -2.26. The van der Waals surface area contributed by atoms with E-state index >= 15 is 0 Å². The number of hydrogen-bond acceptors (Lipinski definition) is 4. The molecule has 3 N–H and O–H groups in total. The van der Waals surface area contributed by atoms with Gasteiger partial charge in [-0.1, -0.05) is 44.2 Å². The molecule has 2 atom stereocenters. The van der Waals surface area contributed by atoms with Crippen LogP contribution >= 0.6 is 0 Å². The van der Waals surface area contributed by atoms with E-state index in [2.05, 4.69) is 16.0 Å². The molecule has 0 unspecified atom stereocenters. The average molecular weight is 392 g/mol. The highest BCUT2D eigenvalue weighted by Crippen LogP contribution is 2.10. The summed E-state index contributed by atoms with van der Waals surface area (Å²) < 4.78 is 5.26. The van der Waals surface area contributed by atoms with Gasteiger partial charge in [0.15, 0.2) is 0 Å². The zero-order chi connectivity index (χ0) is 21.3. The molecular formula is C21H33N3O4. The van der Waals surface area contributed by atoms with Crippen LogP contribution in [0.15, 0.2) is 30.3 Å². The normalized spacial score (nSPS) is 13.4. The number of likely N-dealkylation sites (N-methyl/N-ethyl adjacent to an activating group) is 1. The highest BCUT2D eigenvalue weighted by Gasteiger charge is 2.28. The van der Waals surface area contributed by atoms with E-state index in [9.17, 15) is 14.4 Å². The van der Waals surface area contributed by atoms with Crippen molar-refractivity contribution in [1.82, 2.24) is 16.0 Å². The molecule has 0 aliphatic rings. The smallest absolute Gasteiger partial charge is 0.408 e. The minimum absolute atomic E-state index is 0.165. The molecule has 1 rings (SSSR count). The summed E-state index contributed by atoms with van der Waals surface area (Å²) in [5, 5.41) is 7.97. The lowest BCUT2D eigenvalue weighted by atomic mass is 10.0. The number of hydrogen-bond donors (Lipinski definition) is 3. The molecule has 3 amide bonds. The minimum Gasteiger partial charge on any atom is -0.444 e. The fraction of sp³-hybridized carbons (Fsp3) is 0.571. The maximum absolute atomic E-state index is 12.8. The van der Waals surface area contributed by atoms with Crippen molar-refractivity contribution in [1.29, 1.82) is 0 Å². The molecule has 0 saturated heterocycles. The van der Waals surface area contributed by atoms with Crippen molar-refractivity contribution in [2.24, 2.45) is 5.92 Å². The predicted octanol–water partition coefficient (Wildman–Crippen LogP) is 2.40. The molecule has 28 heavy (non-hydrogen) atoms. The second-order valence-corrected chi connectivity index (χ2v) is 8.19. The Morgan fingerprint density at radius 1 is 0.964 bits per heavy atom. The Balaban J connectivity index is 2.88. The number of rotatable bonds is 8. The summed E-state index contributed by atoms with van der Waals surface area (Å²) >= 11 is 0. The molecule has 7 nitrogen and oxygen atoms in total. The van der Waals surface area contributed by atoms with E-state index in [0.717, 1.165) is 5.56 Å². The van der Waals surface area contributed by atoms with Crippen LogP contribution in [0.1, 0.15) is 46.6 Å². The zero-order valence-electron chi connectivity index (χ0n) is 17.7. The highest BCUT2D eigenvalue weighted by atomic mass is 16.6. The summed E-state index contributed by atoms with van der Waals surface area (Å²) in [4.78, 5) is 37.2. The standard InChI is InChI=1S/C21H33N3O4/c1-14(2)12-16(24-20(27)28-21(3,4)5)19(26)23-17(18(25)22-6)13-15-10-8-7-9-11-15/h7-11,14,16-17H,12-13H2,1-6H3,(H,22,25)(H,23,26)(H,24,27)/t16-,17-/m1/s1. The Hall–Kier alpha value is -2.57. The van der Waals surface area contributed by atoms with E-state index in [-0.39, 0.29) is 11.8 Å². The summed E-state index contributed by atoms with van der Waals surface area (Å²) in [5.74, 6) is -0.542. The third kappa shape index (κ3) is 8.88. The van der Waals surface area contributed by atoms with E-state index in [1.165, 1.54) is 7.05 Å². The van der Waals surface area contributed by atoms with Gasteiger partial charge in [-0.05, 0) is 38.7 Å². The van der Waals surface area contributed by atoms with Gasteiger partial charge >= 0.3 is 6.09 Å². The van der Waals surface area contributed by atoms with Crippen molar-refractivity contribution in [2.75, 3.05) is 7.05 Å². The van der Waals surface area contributed by atoms with Crippen LogP contribution in [0.2, 0.25) is 0 Å². The van der Waals surface area contributed by atoms with Gasteiger partial charge in [-0.3, -0.25) is 9.59 Å². The molecular weight excluding hydrogens is 358 g/mol. The van der Waals surface area contributed by atoms with Crippen molar-refractivity contribution in [3.63, 3.8) is 0 Å². The topological polar surface area (TPSA) is 96.5 Å². The molecule has 0 aromatic heterocycles. The van der Waals surface area contributed by atoms with Crippen LogP contribution in [-0.2, 0) is 20.7 Å². The van der Waals surface area contributed by atoms with Crippen LogP contribution < -0.4 is 16.0 Å². The lowest BCUT2D eigenvalue weighted by Crippen LogP contribution is -2.54. The van der Waals surface area contributed by atoms with Crippen LogP contribution in [0.25, 0.3) is 0 Å². The van der Waals surface area contributed by atoms with Crippen molar-refractivity contribution in [3.8, 4) is 0 Å². The third-order valence-electron chi connectivity index (χ3n) is 3.88. The highest BCUT2D eigenvalue weighted by molar-refractivity contribution is 5.91. The lowest BCUT2D eigenvalue weighted by molar-refractivity contribution is -0.130. The first-order valence-corrected chi connectivity index (χ1v) is 9.57. The minimum atomic E-state index is -0.794. The van der Waals surface area contributed by atoms with Crippen LogP contribution in [0.3, 0.4) is 0 Å². The molecule has 0 bridgehead atoms. The number of benzene rings is 1. The summed E-state index contributed by atoms with van der Waals surface area (Å²) in [7, 11) is 1.52. The van der Waals surface area contributed by atoms with Crippen molar-refractivity contribution >= 4 is 17.9 Å². The van der Waals surface area contributed by atoms with Crippen LogP contribution in [0.5, 0.6) is 0 Å². The number of alkyl carbamates (subject to hydrolysis) is 1. The van der Waals surface area contributed by atoms with Gasteiger partial charge in [-0.2, -0.15) is 0 Å². The molecule has 156 valence electrons. The fourth-order valence-electron chi connectivity index (χ4n) is 2.66. The molecule has 7 heteroatoms. The predicted molar refractivity (Wildman–Crippen MR) is 109 cm³/mol. The first kappa shape index (κ1) is 23.5. The van der Waals surface area contributed by atoms with E-state index in [0.29, 0.717) is 12.8 Å². The number of ether oxygens (including phenoxy) is 1. The molecule has 0 aliphatic carbocycles. The van der Waals surface area contributed by atoms with Gasteiger partial charge in [0.2, 0.25) is 11.8 Å². The Morgan fingerprint density at radius 2 is 1.57 bits per heavy atom. The maximum Gasteiger partial charge on any atom is 0.408 e. The van der Waals surface area contributed by atoms with Gasteiger partial charge < -0.3 is 20.7 Å². The molecule has 1 aromatic rings. The second-order valence-electron chi connectivity index (χ2n) is 8.19. The van der Waals surface area contributed by atoms with Gasteiger partial charge in [0.25, 0.3) is 0 Å². The van der Waals surface area contributed by atoms with Crippen LogP contribution in [0.4, 0.5) is 4.79 Å². The zero-order valence-corrected chi connectivity index (χ0v) is 17.7. The molecule has 0 heterocycles. The Kier molecular flexibility index (Phi) is 8.96. The molecule has 1 aromatic carbocycles. The average Bonchev–Trinajstić information content (AvgIpc) is 2.58. The number of amides is 3. The Bertz CT molecular complexity index is 653. The SMILES string of the molecule is CNC(=O)[C@@H](Cc1ccccc1)NC(=O)[C@@H](CC(C)C)NC(=O)OC(C)(C)C. The molecule has 0 saturated carbocycles. The molecule has 0 fully saturated rings. The molecule has 0 aliphatic heterocycles. The van der Waals surface area contributed by atoms with Gasteiger partial charge in [0, 0.05) is 13.5 Å². The van der Waals surface area contributed by atoms with Gasteiger partial charge in [-0.15, -0.1) is 0 Å².